The van der Waals surface area contributed by atoms with Crippen LogP contribution in [0, 0.1) is 0 Å². The second-order valence-electron chi connectivity index (χ2n) is 5.35. The molecule has 4 heteroatoms. The van der Waals surface area contributed by atoms with Crippen LogP contribution in [0.15, 0.2) is 101 Å². The number of hydrogen-bond donors (Lipinski definition) is 0. The van der Waals surface area contributed by atoms with Gasteiger partial charge >= 0.3 is 6.18 Å². The SMILES string of the molecule is FC(F)(F)C(Sc1ccccc1)=C(c1ccccc1)c1ccccc1. The Labute approximate surface area is 149 Å². The summed E-state index contributed by atoms with van der Waals surface area (Å²) < 4.78 is 41.8. The number of rotatable bonds is 4. The van der Waals surface area contributed by atoms with E-state index in [9.17, 15) is 13.2 Å². The van der Waals surface area contributed by atoms with E-state index in [1.807, 2.05) is 0 Å². The molecule has 0 unspecified atom stereocenters. The molecule has 0 saturated heterocycles. The molecule has 0 saturated carbocycles. The normalized spacial score (nSPS) is 11.2. The maximum absolute atomic E-state index is 13.9. The average Bonchev–Trinajstić information content (AvgIpc) is 2.63. The zero-order chi connectivity index (χ0) is 17.7. The van der Waals surface area contributed by atoms with Gasteiger partial charge in [-0.3, -0.25) is 0 Å². The Hall–Kier alpha value is -2.46. The molecule has 3 rings (SSSR count). The van der Waals surface area contributed by atoms with Crippen LogP contribution in [0.2, 0.25) is 0 Å². The Morgan fingerprint density at radius 2 is 1.00 bits per heavy atom. The lowest BCUT2D eigenvalue weighted by Crippen LogP contribution is -2.12. The molecule has 0 radical (unpaired) electrons. The molecule has 25 heavy (non-hydrogen) atoms. The van der Waals surface area contributed by atoms with Crippen LogP contribution in [0.25, 0.3) is 5.57 Å². The van der Waals surface area contributed by atoms with Gasteiger partial charge in [-0.05, 0) is 23.3 Å². The van der Waals surface area contributed by atoms with Crippen LogP contribution in [0.1, 0.15) is 11.1 Å². The van der Waals surface area contributed by atoms with Crippen LogP contribution in [0.5, 0.6) is 0 Å². The molecule has 0 spiro atoms. The van der Waals surface area contributed by atoms with Crippen molar-refractivity contribution in [2.75, 3.05) is 0 Å². The number of thioether (sulfide) groups is 1. The molecule has 3 aromatic rings. The Morgan fingerprint density at radius 1 is 0.600 bits per heavy atom. The molecule has 126 valence electrons. The van der Waals surface area contributed by atoms with E-state index < -0.39 is 11.1 Å². The highest BCUT2D eigenvalue weighted by molar-refractivity contribution is 8.03. The summed E-state index contributed by atoms with van der Waals surface area (Å²) in [5.74, 6) is 0. The fourth-order valence-electron chi connectivity index (χ4n) is 2.50. The number of halogens is 3. The highest BCUT2D eigenvalue weighted by atomic mass is 32.2. The number of allylic oxidation sites excluding steroid dienone is 1. The van der Waals surface area contributed by atoms with Crippen LogP contribution >= 0.6 is 11.8 Å². The van der Waals surface area contributed by atoms with E-state index in [2.05, 4.69) is 0 Å². The summed E-state index contributed by atoms with van der Waals surface area (Å²) in [4.78, 5) is -0.0599. The lowest BCUT2D eigenvalue weighted by Gasteiger charge is -2.18. The van der Waals surface area contributed by atoms with E-state index in [-0.39, 0.29) is 5.57 Å². The third-order valence-corrected chi connectivity index (χ3v) is 4.72. The van der Waals surface area contributed by atoms with Crippen molar-refractivity contribution in [3.05, 3.63) is 107 Å². The van der Waals surface area contributed by atoms with Gasteiger partial charge in [-0.2, -0.15) is 13.2 Å². The van der Waals surface area contributed by atoms with Crippen molar-refractivity contribution in [1.82, 2.24) is 0 Å². The number of alkyl halides is 3. The minimum Gasteiger partial charge on any atom is -0.166 e. The standard InChI is InChI=1S/C21H15F3S/c22-21(23,24)20(25-18-14-8-3-9-15-18)19(16-10-4-1-5-11-16)17-12-6-2-7-13-17/h1-15H. The van der Waals surface area contributed by atoms with Crippen molar-refractivity contribution in [1.29, 1.82) is 0 Å². The third-order valence-electron chi connectivity index (χ3n) is 3.57. The van der Waals surface area contributed by atoms with Gasteiger partial charge in [-0.1, -0.05) is 90.6 Å². The highest BCUT2D eigenvalue weighted by Crippen LogP contribution is 2.45. The Kier molecular flexibility index (Phi) is 5.29. The van der Waals surface area contributed by atoms with E-state index in [1.54, 1.807) is 91.0 Å². The topological polar surface area (TPSA) is 0 Å². The molecule has 0 aliphatic heterocycles. The second kappa shape index (κ2) is 7.62. The molecule has 0 bridgehead atoms. The van der Waals surface area contributed by atoms with E-state index in [0.717, 1.165) is 11.8 Å². The van der Waals surface area contributed by atoms with Gasteiger partial charge in [-0.25, -0.2) is 0 Å². The molecule has 0 aliphatic carbocycles. The van der Waals surface area contributed by atoms with Gasteiger partial charge in [0.1, 0.15) is 4.91 Å². The summed E-state index contributed by atoms with van der Waals surface area (Å²) in [5, 5.41) is 0. The largest absolute Gasteiger partial charge is 0.423 e. The van der Waals surface area contributed by atoms with Crippen LogP contribution in [-0.2, 0) is 0 Å². The highest BCUT2D eigenvalue weighted by Gasteiger charge is 2.38. The second-order valence-corrected chi connectivity index (χ2v) is 6.43. The van der Waals surface area contributed by atoms with Gasteiger partial charge in [0, 0.05) is 10.5 Å². The molecule has 0 aromatic heterocycles. The van der Waals surface area contributed by atoms with Gasteiger partial charge in [0.15, 0.2) is 0 Å². The summed E-state index contributed by atoms with van der Waals surface area (Å²) in [6.07, 6.45) is -4.46. The maximum atomic E-state index is 13.9. The van der Waals surface area contributed by atoms with Gasteiger partial charge in [0.2, 0.25) is 0 Å². The molecule has 0 heterocycles. The van der Waals surface area contributed by atoms with E-state index >= 15 is 0 Å². The average molecular weight is 356 g/mol. The molecule has 0 nitrogen and oxygen atoms in total. The van der Waals surface area contributed by atoms with Gasteiger partial charge in [-0.15, -0.1) is 0 Å². The van der Waals surface area contributed by atoms with Crippen molar-refractivity contribution >= 4 is 17.3 Å². The predicted molar refractivity (Wildman–Crippen MR) is 97.3 cm³/mol. The van der Waals surface area contributed by atoms with Crippen molar-refractivity contribution in [3.8, 4) is 0 Å². The molecular weight excluding hydrogens is 341 g/mol. The summed E-state index contributed by atoms with van der Waals surface area (Å²) in [6.45, 7) is 0. The summed E-state index contributed by atoms with van der Waals surface area (Å²) >= 11 is 0.748. The zero-order valence-electron chi connectivity index (χ0n) is 13.2. The Balaban J connectivity index is 2.23. The fraction of sp³-hybridized carbons (Fsp3) is 0.0476. The lowest BCUT2D eigenvalue weighted by atomic mass is 9.97. The van der Waals surface area contributed by atoms with Crippen LogP contribution in [0.3, 0.4) is 0 Å². The lowest BCUT2D eigenvalue weighted by molar-refractivity contribution is -0.0830. The van der Waals surface area contributed by atoms with Crippen molar-refractivity contribution in [2.45, 2.75) is 11.1 Å². The minimum absolute atomic E-state index is 0.197. The van der Waals surface area contributed by atoms with Gasteiger partial charge in [0.05, 0.1) is 0 Å². The molecule has 0 amide bonds. The van der Waals surface area contributed by atoms with Crippen molar-refractivity contribution in [2.24, 2.45) is 0 Å². The monoisotopic (exact) mass is 356 g/mol. The molecule has 0 fully saturated rings. The van der Waals surface area contributed by atoms with Crippen LogP contribution < -0.4 is 0 Å². The van der Waals surface area contributed by atoms with Crippen LogP contribution in [0.4, 0.5) is 13.2 Å². The van der Waals surface area contributed by atoms with E-state index in [0.29, 0.717) is 16.0 Å². The molecular formula is C21H15F3S. The molecule has 0 N–H and O–H groups in total. The Morgan fingerprint density at radius 3 is 1.40 bits per heavy atom. The number of benzene rings is 3. The maximum Gasteiger partial charge on any atom is 0.423 e. The zero-order valence-corrected chi connectivity index (χ0v) is 14.0. The molecule has 0 atom stereocenters. The first-order valence-corrected chi connectivity index (χ1v) is 8.52. The van der Waals surface area contributed by atoms with Gasteiger partial charge < -0.3 is 0 Å². The summed E-state index contributed by atoms with van der Waals surface area (Å²) in [5.41, 5.74) is 1.29. The smallest absolute Gasteiger partial charge is 0.166 e. The van der Waals surface area contributed by atoms with E-state index in [4.69, 9.17) is 0 Å². The predicted octanol–water partition coefficient (Wildman–Crippen LogP) is 6.80. The number of hydrogen-bond acceptors (Lipinski definition) is 1. The van der Waals surface area contributed by atoms with Gasteiger partial charge in [0.25, 0.3) is 0 Å². The summed E-state index contributed by atoms with van der Waals surface area (Å²) in [7, 11) is 0. The first kappa shape index (κ1) is 17.4. The third kappa shape index (κ3) is 4.34. The van der Waals surface area contributed by atoms with Crippen molar-refractivity contribution in [3.63, 3.8) is 0 Å². The first-order valence-electron chi connectivity index (χ1n) is 7.71. The first-order chi connectivity index (χ1) is 12.1. The molecule has 3 aromatic carbocycles. The van der Waals surface area contributed by atoms with E-state index in [1.165, 1.54) is 0 Å². The Bertz CT molecular complexity index is 797. The fourth-order valence-corrected chi connectivity index (χ4v) is 3.48. The van der Waals surface area contributed by atoms with Crippen molar-refractivity contribution < 1.29 is 13.2 Å². The quantitative estimate of drug-likeness (QED) is 0.463. The molecule has 0 aliphatic rings. The van der Waals surface area contributed by atoms with Crippen LogP contribution in [-0.4, -0.2) is 6.18 Å². The minimum atomic E-state index is -4.46. The summed E-state index contributed by atoms with van der Waals surface area (Å²) in [6, 6.07) is 26.1.